The number of thiocarbonyl (C=S) groups is 1. The summed E-state index contributed by atoms with van der Waals surface area (Å²) < 4.78 is 27.7. The average Bonchev–Trinajstić information content (AvgIpc) is 2.82. The Bertz CT molecular complexity index is 830. The topological polar surface area (TPSA) is 29.9 Å². The van der Waals surface area contributed by atoms with Gasteiger partial charge in [-0.15, -0.1) is 0 Å². The molecule has 0 amide bonds. The van der Waals surface area contributed by atoms with E-state index >= 15 is 0 Å². The molecule has 1 aliphatic carbocycles. The van der Waals surface area contributed by atoms with Gasteiger partial charge in [0.15, 0.2) is 0 Å². The third kappa shape index (κ3) is 3.55. The standard InChI is InChI=1S/C18H20ClF2N3S/c1-18(2)8-7-11-10(9-18)5-4-6-12(11)22-17(25)13-14(16(20)21)23-24(3)15(13)19/h4-6,16H,7-9H2,1-3H3,(H,22,25). The molecule has 3 nitrogen and oxygen atoms in total. The fraction of sp³-hybridized carbons (Fsp3) is 0.444. The van der Waals surface area contributed by atoms with Gasteiger partial charge < -0.3 is 5.32 Å². The number of hydrogen-bond donors (Lipinski definition) is 1. The molecule has 2 aromatic rings. The quantitative estimate of drug-likeness (QED) is 0.728. The molecule has 134 valence electrons. The third-order valence-electron chi connectivity index (χ3n) is 4.68. The summed E-state index contributed by atoms with van der Waals surface area (Å²) in [6.45, 7) is 4.51. The number of fused-ring (bicyclic) bond motifs is 1. The zero-order valence-electron chi connectivity index (χ0n) is 14.4. The lowest BCUT2D eigenvalue weighted by Gasteiger charge is -2.32. The number of aryl methyl sites for hydroxylation is 1. The largest absolute Gasteiger partial charge is 0.346 e. The molecule has 1 N–H and O–H groups in total. The number of rotatable bonds is 3. The minimum absolute atomic E-state index is 0.0999. The van der Waals surface area contributed by atoms with E-state index in [2.05, 4.69) is 30.3 Å². The molecule has 1 aromatic heterocycles. The molecule has 3 rings (SSSR count). The first kappa shape index (κ1) is 18.3. The van der Waals surface area contributed by atoms with Crippen molar-refractivity contribution >= 4 is 34.5 Å². The molecule has 0 radical (unpaired) electrons. The van der Waals surface area contributed by atoms with Crippen molar-refractivity contribution in [3.8, 4) is 0 Å². The van der Waals surface area contributed by atoms with Crippen molar-refractivity contribution < 1.29 is 8.78 Å². The number of nitrogens with zero attached hydrogens (tertiary/aromatic N) is 2. The third-order valence-corrected chi connectivity index (χ3v) is 5.42. The first-order chi connectivity index (χ1) is 11.7. The first-order valence-electron chi connectivity index (χ1n) is 8.12. The minimum Gasteiger partial charge on any atom is -0.346 e. The summed E-state index contributed by atoms with van der Waals surface area (Å²) in [5.41, 5.74) is 3.30. The summed E-state index contributed by atoms with van der Waals surface area (Å²) in [6.07, 6.45) is 0.248. The van der Waals surface area contributed by atoms with Gasteiger partial charge in [0.2, 0.25) is 0 Å². The summed E-state index contributed by atoms with van der Waals surface area (Å²) >= 11 is 11.5. The second-order valence-corrected chi connectivity index (χ2v) is 7.98. The van der Waals surface area contributed by atoms with Gasteiger partial charge in [0, 0.05) is 12.7 Å². The van der Waals surface area contributed by atoms with E-state index in [1.165, 1.54) is 22.9 Å². The van der Waals surface area contributed by atoms with Crippen LogP contribution in [0.5, 0.6) is 0 Å². The van der Waals surface area contributed by atoms with Gasteiger partial charge >= 0.3 is 0 Å². The van der Waals surface area contributed by atoms with Crippen molar-refractivity contribution in [3.05, 3.63) is 45.7 Å². The molecule has 0 unspecified atom stereocenters. The predicted octanol–water partition coefficient (Wildman–Crippen LogP) is 5.31. The van der Waals surface area contributed by atoms with Gasteiger partial charge in [-0.2, -0.15) is 5.10 Å². The summed E-state index contributed by atoms with van der Waals surface area (Å²) in [4.78, 5) is 0.173. The van der Waals surface area contributed by atoms with Crippen LogP contribution in [0, 0.1) is 5.41 Å². The maximum absolute atomic E-state index is 13.3. The first-order valence-corrected chi connectivity index (χ1v) is 8.91. The average molecular weight is 384 g/mol. The Morgan fingerprint density at radius 3 is 2.80 bits per heavy atom. The molecule has 0 bridgehead atoms. The van der Waals surface area contributed by atoms with Crippen LogP contribution in [-0.2, 0) is 19.9 Å². The summed E-state index contributed by atoms with van der Waals surface area (Å²) in [5, 5.41) is 7.02. The van der Waals surface area contributed by atoms with Crippen molar-refractivity contribution in [3.63, 3.8) is 0 Å². The lowest BCUT2D eigenvalue weighted by atomic mass is 9.74. The fourth-order valence-electron chi connectivity index (χ4n) is 3.35. The Hall–Kier alpha value is -1.53. The molecule has 1 aromatic carbocycles. The maximum Gasteiger partial charge on any atom is 0.282 e. The molecule has 0 spiro atoms. The summed E-state index contributed by atoms with van der Waals surface area (Å²) in [6, 6.07) is 6.01. The van der Waals surface area contributed by atoms with Gasteiger partial charge in [0.05, 0.1) is 5.56 Å². The van der Waals surface area contributed by atoms with Crippen LogP contribution in [-0.4, -0.2) is 14.8 Å². The fourth-order valence-corrected chi connectivity index (χ4v) is 3.95. The molecule has 1 aliphatic rings. The minimum atomic E-state index is -2.74. The molecule has 7 heteroatoms. The molecular weight excluding hydrogens is 364 g/mol. The van der Waals surface area contributed by atoms with Crippen molar-refractivity contribution in [2.45, 2.75) is 39.5 Å². The number of alkyl halides is 2. The highest BCUT2D eigenvalue weighted by atomic mass is 35.5. The number of anilines is 1. The second-order valence-electron chi connectivity index (χ2n) is 7.21. The molecule has 25 heavy (non-hydrogen) atoms. The van der Waals surface area contributed by atoms with Crippen LogP contribution in [0.4, 0.5) is 14.5 Å². The van der Waals surface area contributed by atoms with Crippen molar-refractivity contribution in [1.82, 2.24) is 9.78 Å². The molecule has 0 aliphatic heterocycles. The molecule has 0 saturated heterocycles. The monoisotopic (exact) mass is 383 g/mol. The summed E-state index contributed by atoms with van der Waals surface area (Å²) in [7, 11) is 1.52. The number of nitrogens with one attached hydrogen (secondary N) is 1. The highest BCUT2D eigenvalue weighted by Crippen LogP contribution is 2.38. The zero-order chi connectivity index (χ0) is 18.4. The number of aromatic nitrogens is 2. The van der Waals surface area contributed by atoms with Crippen LogP contribution < -0.4 is 5.32 Å². The lowest BCUT2D eigenvalue weighted by molar-refractivity contribution is 0.145. The molecule has 1 heterocycles. The lowest BCUT2D eigenvalue weighted by Crippen LogP contribution is -2.24. The van der Waals surface area contributed by atoms with Gasteiger partial charge in [-0.25, -0.2) is 8.78 Å². The summed E-state index contributed by atoms with van der Waals surface area (Å²) in [5.74, 6) is 0. The zero-order valence-corrected chi connectivity index (χ0v) is 15.9. The van der Waals surface area contributed by atoms with Crippen LogP contribution in [0.25, 0.3) is 0 Å². The van der Waals surface area contributed by atoms with E-state index in [0.717, 1.165) is 24.9 Å². The smallest absolute Gasteiger partial charge is 0.282 e. The van der Waals surface area contributed by atoms with Gasteiger partial charge in [0.25, 0.3) is 6.43 Å². The van der Waals surface area contributed by atoms with Crippen LogP contribution in [0.1, 0.15) is 49.1 Å². The Morgan fingerprint density at radius 1 is 1.40 bits per heavy atom. The highest BCUT2D eigenvalue weighted by molar-refractivity contribution is 7.81. The van der Waals surface area contributed by atoms with Crippen molar-refractivity contribution in [2.75, 3.05) is 5.32 Å². The SMILES string of the molecule is Cn1nc(C(F)F)c(C(=S)Nc2cccc3c2CCC(C)(C)C3)c1Cl. The normalized spacial score (nSPS) is 16.0. The molecule has 0 atom stereocenters. The van der Waals surface area contributed by atoms with Gasteiger partial charge in [-0.05, 0) is 41.9 Å². The molecular formula is C18H20ClF2N3S. The Labute approximate surface area is 156 Å². The van der Waals surface area contributed by atoms with Gasteiger partial charge in [-0.1, -0.05) is 49.8 Å². The van der Waals surface area contributed by atoms with Crippen LogP contribution in [0.3, 0.4) is 0 Å². The van der Waals surface area contributed by atoms with Gasteiger partial charge in [-0.3, -0.25) is 4.68 Å². The van der Waals surface area contributed by atoms with E-state index in [0.29, 0.717) is 0 Å². The van der Waals surface area contributed by atoms with Crippen LogP contribution >= 0.6 is 23.8 Å². The second kappa shape index (κ2) is 6.65. The Morgan fingerprint density at radius 2 is 2.12 bits per heavy atom. The van der Waals surface area contributed by atoms with Crippen molar-refractivity contribution in [2.24, 2.45) is 12.5 Å². The van der Waals surface area contributed by atoms with E-state index in [9.17, 15) is 8.78 Å². The molecule has 0 fully saturated rings. The van der Waals surface area contributed by atoms with E-state index < -0.39 is 12.1 Å². The van der Waals surface area contributed by atoms with Gasteiger partial charge in [0.1, 0.15) is 15.8 Å². The van der Waals surface area contributed by atoms with E-state index in [1.54, 1.807) is 0 Å². The van der Waals surface area contributed by atoms with E-state index in [1.807, 2.05) is 12.1 Å². The number of hydrogen-bond acceptors (Lipinski definition) is 2. The van der Waals surface area contributed by atoms with Crippen LogP contribution in [0.15, 0.2) is 18.2 Å². The molecule has 0 saturated carbocycles. The predicted molar refractivity (Wildman–Crippen MR) is 101 cm³/mol. The maximum atomic E-state index is 13.3. The number of halogens is 3. The Kier molecular flexibility index (Phi) is 4.86. The number of benzene rings is 1. The van der Waals surface area contributed by atoms with E-state index in [-0.39, 0.29) is 21.1 Å². The van der Waals surface area contributed by atoms with E-state index in [4.69, 9.17) is 23.8 Å². The van der Waals surface area contributed by atoms with Crippen molar-refractivity contribution in [1.29, 1.82) is 0 Å². The Balaban J connectivity index is 1.93. The van der Waals surface area contributed by atoms with Crippen LogP contribution in [0.2, 0.25) is 5.15 Å². The highest BCUT2D eigenvalue weighted by Gasteiger charge is 2.28.